The number of benzene rings is 1. The van der Waals surface area contributed by atoms with E-state index in [2.05, 4.69) is 51.2 Å². The van der Waals surface area contributed by atoms with Crippen LogP contribution in [0.5, 0.6) is 5.75 Å². The number of piperazine rings is 1. The minimum atomic E-state index is 0.718. The van der Waals surface area contributed by atoms with Crippen molar-refractivity contribution < 1.29 is 4.74 Å². The van der Waals surface area contributed by atoms with Gasteiger partial charge in [-0.2, -0.15) is 0 Å². The lowest BCUT2D eigenvalue weighted by Crippen LogP contribution is -2.46. The maximum Gasteiger partial charge on any atom is 0.119 e. The number of nitrogens with zero attached hydrogens (tertiary/aromatic N) is 3. The fraction of sp³-hybridized carbons (Fsp3) is 0.421. The van der Waals surface area contributed by atoms with Crippen LogP contribution in [0, 0.1) is 6.92 Å². The van der Waals surface area contributed by atoms with E-state index in [-0.39, 0.29) is 0 Å². The Kier molecular flexibility index (Phi) is 5.13. The van der Waals surface area contributed by atoms with Crippen molar-refractivity contribution in [3.8, 4) is 5.75 Å². The van der Waals surface area contributed by atoms with Crippen LogP contribution >= 0.6 is 0 Å². The van der Waals surface area contributed by atoms with Crippen LogP contribution in [0.15, 0.2) is 42.6 Å². The number of aromatic nitrogens is 1. The van der Waals surface area contributed by atoms with Crippen molar-refractivity contribution in [1.29, 1.82) is 0 Å². The first kappa shape index (κ1) is 15.8. The molecule has 1 aromatic heterocycles. The Morgan fingerprint density at radius 1 is 1.04 bits per heavy atom. The zero-order valence-corrected chi connectivity index (χ0v) is 14.0. The lowest BCUT2D eigenvalue weighted by atomic mass is 10.2. The smallest absolute Gasteiger partial charge is 0.119 e. The zero-order valence-electron chi connectivity index (χ0n) is 14.0. The van der Waals surface area contributed by atoms with Gasteiger partial charge in [-0.3, -0.25) is 9.88 Å². The summed E-state index contributed by atoms with van der Waals surface area (Å²) in [5, 5.41) is 0. The van der Waals surface area contributed by atoms with Gasteiger partial charge in [0.15, 0.2) is 0 Å². The van der Waals surface area contributed by atoms with Crippen molar-refractivity contribution >= 4 is 5.69 Å². The van der Waals surface area contributed by atoms with Crippen molar-refractivity contribution in [2.75, 3.05) is 37.7 Å². The summed E-state index contributed by atoms with van der Waals surface area (Å²) >= 11 is 0. The van der Waals surface area contributed by atoms with Gasteiger partial charge in [-0.15, -0.1) is 0 Å². The summed E-state index contributed by atoms with van der Waals surface area (Å²) in [4.78, 5) is 9.24. The van der Waals surface area contributed by atoms with Gasteiger partial charge < -0.3 is 9.64 Å². The quantitative estimate of drug-likeness (QED) is 0.848. The molecule has 0 bridgehead atoms. The minimum absolute atomic E-state index is 0.718. The molecule has 2 heterocycles. The van der Waals surface area contributed by atoms with Gasteiger partial charge in [-0.1, -0.05) is 12.1 Å². The molecular weight excluding hydrogens is 286 g/mol. The number of hydrogen-bond acceptors (Lipinski definition) is 4. The average Bonchev–Trinajstić information content (AvgIpc) is 2.58. The van der Waals surface area contributed by atoms with Crippen molar-refractivity contribution in [3.05, 3.63) is 53.9 Å². The molecule has 1 fully saturated rings. The molecule has 0 saturated carbocycles. The highest BCUT2D eigenvalue weighted by atomic mass is 16.5. The summed E-state index contributed by atoms with van der Waals surface area (Å²) in [6, 6.07) is 12.7. The number of aryl methyl sites for hydroxylation is 1. The molecule has 1 aliphatic heterocycles. The Labute approximate surface area is 138 Å². The molecule has 0 unspecified atom stereocenters. The van der Waals surface area contributed by atoms with Crippen molar-refractivity contribution in [3.63, 3.8) is 0 Å². The van der Waals surface area contributed by atoms with Gasteiger partial charge in [-0.05, 0) is 43.7 Å². The molecule has 1 aromatic carbocycles. The minimum Gasteiger partial charge on any atom is -0.494 e. The maximum absolute atomic E-state index is 5.50. The van der Waals surface area contributed by atoms with Gasteiger partial charge in [0, 0.05) is 50.3 Å². The van der Waals surface area contributed by atoms with Crippen LogP contribution in [0.3, 0.4) is 0 Å². The number of hydrogen-bond donors (Lipinski definition) is 0. The number of pyridine rings is 1. The Morgan fingerprint density at radius 3 is 2.43 bits per heavy atom. The van der Waals surface area contributed by atoms with Gasteiger partial charge >= 0.3 is 0 Å². The topological polar surface area (TPSA) is 28.6 Å². The fourth-order valence-corrected chi connectivity index (χ4v) is 3.01. The van der Waals surface area contributed by atoms with E-state index in [9.17, 15) is 0 Å². The highest BCUT2D eigenvalue weighted by molar-refractivity contribution is 5.46. The number of rotatable bonds is 5. The molecule has 0 amide bonds. The first-order chi connectivity index (χ1) is 11.2. The van der Waals surface area contributed by atoms with Crippen molar-refractivity contribution in [1.82, 2.24) is 9.88 Å². The molecule has 1 saturated heterocycles. The highest BCUT2D eigenvalue weighted by Crippen LogP contribution is 2.18. The third kappa shape index (κ3) is 4.23. The lowest BCUT2D eigenvalue weighted by molar-refractivity contribution is 0.249. The molecule has 2 aromatic rings. The summed E-state index contributed by atoms with van der Waals surface area (Å²) < 4.78 is 5.50. The first-order valence-corrected chi connectivity index (χ1v) is 8.36. The van der Waals surface area contributed by atoms with Crippen LogP contribution in [0.25, 0.3) is 0 Å². The largest absolute Gasteiger partial charge is 0.494 e. The SMILES string of the molecule is CCOc1ccc(CN2CCN(c3ccnc(C)c3)CC2)cc1. The summed E-state index contributed by atoms with van der Waals surface area (Å²) in [5.74, 6) is 0.953. The summed E-state index contributed by atoms with van der Waals surface area (Å²) in [6.45, 7) is 10.1. The second-order valence-electron chi connectivity index (χ2n) is 6.00. The summed E-state index contributed by atoms with van der Waals surface area (Å²) in [5.41, 5.74) is 3.72. The normalized spacial score (nSPS) is 15.7. The second kappa shape index (κ2) is 7.47. The van der Waals surface area contributed by atoms with E-state index in [1.165, 1.54) is 11.3 Å². The Bertz CT molecular complexity index is 619. The molecule has 1 aliphatic rings. The molecular formula is C19H25N3O. The molecule has 23 heavy (non-hydrogen) atoms. The standard InChI is InChI=1S/C19H25N3O/c1-3-23-19-6-4-17(5-7-19)15-21-10-12-22(13-11-21)18-8-9-20-16(2)14-18/h4-9,14H,3,10-13,15H2,1-2H3. The van der Waals surface area contributed by atoms with Gasteiger partial charge in [-0.25, -0.2) is 0 Å². The maximum atomic E-state index is 5.50. The lowest BCUT2D eigenvalue weighted by Gasteiger charge is -2.36. The number of ether oxygens (including phenoxy) is 1. The first-order valence-electron chi connectivity index (χ1n) is 8.36. The van der Waals surface area contributed by atoms with Crippen LogP contribution in [0.4, 0.5) is 5.69 Å². The molecule has 0 N–H and O–H groups in total. The molecule has 4 nitrogen and oxygen atoms in total. The Morgan fingerprint density at radius 2 is 1.78 bits per heavy atom. The van der Waals surface area contributed by atoms with Gasteiger partial charge in [0.05, 0.1) is 6.61 Å². The third-order valence-electron chi connectivity index (χ3n) is 4.26. The molecule has 0 atom stereocenters. The van der Waals surface area contributed by atoms with Gasteiger partial charge in [0.1, 0.15) is 5.75 Å². The van der Waals surface area contributed by atoms with Crippen LogP contribution in [-0.4, -0.2) is 42.7 Å². The molecule has 0 radical (unpaired) electrons. The van der Waals surface area contributed by atoms with E-state index >= 15 is 0 Å². The zero-order chi connectivity index (χ0) is 16.1. The molecule has 122 valence electrons. The van der Waals surface area contributed by atoms with E-state index in [0.717, 1.165) is 50.8 Å². The van der Waals surface area contributed by atoms with Crippen molar-refractivity contribution in [2.45, 2.75) is 20.4 Å². The average molecular weight is 311 g/mol. The van der Waals surface area contributed by atoms with Crippen LogP contribution < -0.4 is 9.64 Å². The predicted molar refractivity (Wildman–Crippen MR) is 94.1 cm³/mol. The predicted octanol–water partition coefficient (Wildman–Crippen LogP) is 3.11. The van der Waals surface area contributed by atoms with E-state index in [0.29, 0.717) is 0 Å². The van der Waals surface area contributed by atoms with E-state index in [4.69, 9.17) is 4.74 Å². The molecule has 0 spiro atoms. The monoisotopic (exact) mass is 311 g/mol. The van der Waals surface area contributed by atoms with E-state index in [1.807, 2.05) is 20.0 Å². The Hall–Kier alpha value is -2.07. The Balaban J connectivity index is 1.52. The van der Waals surface area contributed by atoms with Gasteiger partial charge in [0.2, 0.25) is 0 Å². The van der Waals surface area contributed by atoms with Crippen molar-refractivity contribution in [2.24, 2.45) is 0 Å². The van der Waals surface area contributed by atoms with E-state index < -0.39 is 0 Å². The molecule has 3 rings (SSSR count). The summed E-state index contributed by atoms with van der Waals surface area (Å²) in [7, 11) is 0. The highest BCUT2D eigenvalue weighted by Gasteiger charge is 2.17. The number of anilines is 1. The van der Waals surface area contributed by atoms with Crippen LogP contribution in [-0.2, 0) is 6.54 Å². The van der Waals surface area contributed by atoms with Gasteiger partial charge in [0.25, 0.3) is 0 Å². The van der Waals surface area contributed by atoms with Crippen LogP contribution in [0.2, 0.25) is 0 Å². The summed E-state index contributed by atoms with van der Waals surface area (Å²) in [6.07, 6.45) is 1.90. The third-order valence-corrected chi connectivity index (χ3v) is 4.26. The molecule has 0 aliphatic carbocycles. The second-order valence-corrected chi connectivity index (χ2v) is 6.00. The molecule has 4 heteroatoms. The fourth-order valence-electron chi connectivity index (χ4n) is 3.01. The van der Waals surface area contributed by atoms with E-state index in [1.54, 1.807) is 0 Å². The van der Waals surface area contributed by atoms with Crippen LogP contribution in [0.1, 0.15) is 18.2 Å².